The normalized spacial score (nSPS) is 13.7. The number of nitrogens with zero attached hydrogens (tertiary/aromatic N) is 2. The summed E-state index contributed by atoms with van der Waals surface area (Å²) in [6.07, 6.45) is 3.32. The summed E-state index contributed by atoms with van der Waals surface area (Å²) in [5, 5.41) is 2.88. The van der Waals surface area contributed by atoms with E-state index < -0.39 is 0 Å². The van der Waals surface area contributed by atoms with Crippen molar-refractivity contribution in [2.45, 2.75) is 13.8 Å². The molecule has 0 amide bonds. The van der Waals surface area contributed by atoms with Gasteiger partial charge in [-0.1, -0.05) is 0 Å². The molecule has 0 aliphatic heterocycles. The topological polar surface area (TPSA) is 46.0 Å². The highest BCUT2D eigenvalue weighted by Crippen LogP contribution is 1.92. The Kier molecular flexibility index (Phi) is 5.69. The summed E-state index contributed by atoms with van der Waals surface area (Å²) in [6.45, 7) is 3.62. The van der Waals surface area contributed by atoms with Crippen molar-refractivity contribution < 1.29 is 4.74 Å². The molecule has 4 heteroatoms. The second-order valence-corrected chi connectivity index (χ2v) is 2.01. The van der Waals surface area contributed by atoms with Crippen LogP contribution in [0, 0.1) is 0 Å². The molecule has 0 atom stereocenters. The molecule has 0 aromatic rings. The van der Waals surface area contributed by atoms with E-state index in [-0.39, 0.29) is 0 Å². The van der Waals surface area contributed by atoms with E-state index in [2.05, 4.69) is 15.3 Å². The summed E-state index contributed by atoms with van der Waals surface area (Å²) in [5.41, 5.74) is 0. The van der Waals surface area contributed by atoms with E-state index in [1.807, 2.05) is 6.92 Å². The Morgan fingerprint density at radius 3 is 2.58 bits per heavy atom. The second kappa shape index (κ2) is 6.39. The number of aliphatic imine (C=N–C) groups is 2. The fourth-order valence-electron chi connectivity index (χ4n) is 0.510. The van der Waals surface area contributed by atoms with Crippen LogP contribution in [0.15, 0.2) is 22.0 Å². The van der Waals surface area contributed by atoms with Gasteiger partial charge in [0.1, 0.15) is 5.82 Å². The first-order valence-electron chi connectivity index (χ1n) is 3.69. The van der Waals surface area contributed by atoms with Gasteiger partial charge in [0.25, 0.3) is 0 Å². The molecule has 12 heavy (non-hydrogen) atoms. The highest BCUT2D eigenvalue weighted by atomic mass is 16.5. The number of rotatable bonds is 3. The summed E-state index contributed by atoms with van der Waals surface area (Å²) in [4.78, 5) is 8.00. The smallest absolute Gasteiger partial charge is 0.186 e. The highest BCUT2D eigenvalue weighted by Gasteiger charge is 1.90. The Morgan fingerprint density at radius 2 is 2.17 bits per heavy atom. The fourth-order valence-corrected chi connectivity index (χ4v) is 0.510. The van der Waals surface area contributed by atoms with E-state index in [0.29, 0.717) is 11.7 Å². The van der Waals surface area contributed by atoms with Gasteiger partial charge in [0.05, 0.1) is 13.3 Å². The van der Waals surface area contributed by atoms with Crippen molar-refractivity contribution in [2.24, 2.45) is 9.98 Å². The second-order valence-electron chi connectivity index (χ2n) is 2.01. The molecule has 68 valence electrons. The van der Waals surface area contributed by atoms with Crippen LogP contribution >= 0.6 is 0 Å². The van der Waals surface area contributed by atoms with E-state index >= 15 is 0 Å². The molecule has 0 unspecified atom stereocenters. The van der Waals surface area contributed by atoms with Crippen LogP contribution in [-0.4, -0.2) is 26.3 Å². The van der Waals surface area contributed by atoms with Crippen LogP contribution in [0.2, 0.25) is 0 Å². The maximum atomic E-state index is 4.88. The van der Waals surface area contributed by atoms with E-state index in [1.54, 1.807) is 33.5 Å². The maximum Gasteiger partial charge on any atom is 0.186 e. The standard InChI is InChI=1S/C8H15N3O/c1-5-10-6-8(9-3)11-7(2)12-4/h5-6,9H,1-4H3/b8-6-,10-5?,11-7?. The van der Waals surface area contributed by atoms with E-state index in [9.17, 15) is 0 Å². The molecule has 0 spiro atoms. The summed E-state index contributed by atoms with van der Waals surface area (Å²) in [7, 11) is 3.36. The van der Waals surface area contributed by atoms with Gasteiger partial charge in [0, 0.05) is 20.2 Å². The monoisotopic (exact) mass is 169 g/mol. The fraction of sp³-hybridized carbons (Fsp3) is 0.500. The first-order chi connectivity index (χ1) is 5.74. The quantitative estimate of drug-likeness (QED) is 0.509. The number of nitrogens with one attached hydrogen (secondary N) is 1. The Balaban J connectivity index is 4.35. The van der Waals surface area contributed by atoms with Crippen LogP contribution in [0.3, 0.4) is 0 Å². The van der Waals surface area contributed by atoms with Crippen molar-refractivity contribution in [1.82, 2.24) is 5.32 Å². The first-order valence-corrected chi connectivity index (χ1v) is 3.69. The van der Waals surface area contributed by atoms with Gasteiger partial charge in [-0.15, -0.1) is 0 Å². The Bertz CT molecular complexity index is 204. The molecular weight excluding hydrogens is 154 g/mol. The predicted molar refractivity (Wildman–Crippen MR) is 51.4 cm³/mol. The molecule has 0 radical (unpaired) electrons. The molecule has 1 N–H and O–H groups in total. The van der Waals surface area contributed by atoms with Gasteiger partial charge in [-0.05, 0) is 6.92 Å². The number of hydrogen-bond acceptors (Lipinski definition) is 4. The summed E-state index contributed by atoms with van der Waals surface area (Å²) >= 11 is 0. The van der Waals surface area contributed by atoms with E-state index in [0.717, 1.165) is 0 Å². The third-order valence-electron chi connectivity index (χ3n) is 1.18. The zero-order valence-corrected chi connectivity index (χ0v) is 7.96. The minimum atomic E-state index is 0.599. The average molecular weight is 169 g/mol. The maximum absolute atomic E-state index is 4.88. The predicted octanol–water partition coefficient (Wildman–Crippen LogP) is 1.16. The molecule has 0 heterocycles. The van der Waals surface area contributed by atoms with Crippen molar-refractivity contribution >= 4 is 12.1 Å². The lowest BCUT2D eigenvalue weighted by Gasteiger charge is -2.00. The van der Waals surface area contributed by atoms with Crippen LogP contribution < -0.4 is 5.32 Å². The number of hydrogen-bond donors (Lipinski definition) is 1. The molecule has 0 bridgehead atoms. The zero-order chi connectivity index (χ0) is 9.40. The molecule has 4 nitrogen and oxygen atoms in total. The lowest BCUT2D eigenvalue weighted by molar-refractivity contribution is 0.399. The van der Waals surface area contributed by atoms with Crippen molar-refractivity contribution in [2.75, 3.05) is 14.2 Å². The third-order valence-corrected chi connectivity index (χ3v) is 1.18. The molecular formula is C8H15N3O. The number of ether oxygens (including phenoxy) is 1. The number of methoxy groups -OCH3 is 1. The van der Waals surface area contributed by atoms with Gasteiger partial charge >= 0.3 is 0 Å². The molecule has 0 aromatic carbocycles. The van der Waals surface area contributed by atoms with Gasteiger partial charge in [0.2, 0.25) is 0 Å². The SMILES string of the molecule is CC=N/C=C(\N=C(C)OC)NC. The van der Waals surface area contributed by atoms with E-state index in [4.69, 9.17) is 4.74 Å². The molecule has 0 aliphatic carbocycles. The summed E-state index contributed by atoms with van der Waals surface area (Å²) in [5.74, 6) is 1.27. The van der Waals surface area contributed by atoms with Crippen LogP contribution in [0.25, 0.3) is 0 Å². The molecule has 0 aromatic heterocycles. The molecule has 0 saturated heterocycles. The average Bonchev–Trinajstić information content (AvgIpc) is 2.11. The minimum absolute atomic E-state index is 0.599. The largest absolute Gasteiger partial charge is 0.484 e. The first kappa shape index (κ1) is 10.7. The van der Waals surface area contributed by atoms with Gasteiger partial charge in [-0.2, -0.15) is 4.99 Å². The lowest BCUT2D eigenvalue weighted by Crippen LogP contribution is -2.06. The van der Waals surface area contributed by atoms with Gasteiger partial charge < -0.3 is 10.1 Å². The minimum Gasteiger partial charge on any atom is -0.484 e. The molecule has 0 saturated carbocycles. The highest BCUT2D eigenvalue weighted by molar-refractivity contribution is 5.74. The lowest BCUT2D eigenvalue weighted by atomic mass is 10.6. The van der Waals surface area contributed by atoms with Gasteiger partial charge in [-0.25, -0.2) is 0 Å². The van der Waals surface area contributed by atoms with E-state index in [1.165, 1.54) is 0 Å². The van der Waals surface area contributed by atoms with Crippen LogP contribution in [0.1, 0.15) is 13.8 Å². The van der Waals surface area contributed by atoms with Crippen LogP contribution in [0.5, 0.6) is 0 Å². The Hall–Kier alpha value is -1.32. The summed E-state index contributed by atoms with van der Waals surface area (Å²) < 4.78 is 4.88. The van der Waals surface area contributed by atoms with Gasteiger partial charge in [0.15, 0.2) is 5.90 Å². The van der Waals surface area contributed by atoms with Crippen molar-refractivity contribution in [3.63, 3.8) is 0 Å². The third kappa shape index (κ3) is 4.49. The molecule has 0 rings (SSSR count). The van der Waals surface area contributed by atoms with Crippen LogP contribution in [-0.2, 0) is 4.74 Å². The van der Waals surface area contributed by atoms with Crippen molar-refractivity contribution in [3.8, 4) is 0 Å². The van der Waals surface area contributed by atoms with Crippen LogP contribution in [0.4, 0.5) is 0 Å². The Morgan fingerprint density at radius 1 is 1.50 bits per heavy atom. The van der Waals surface area contributed by atoms with Crippen molar-refractivity contribution in [3.05, 3.63) is 12.0 Å². The molecule has 0 aliphatic rings. The molecule has 0 fully saturated rings. The van der Waals surface area contributed by atoms with Crippen molar-refractivity contribution in [1.29, 1.82) is 0 Å². The summed E-state index contributed by atoms with van der Waals surface area (Å²) in [6, 6.07) is 0. The zero-order valence-electron chi connectivity index (χ0n) is 7.96. The van der Waals surface area contributed by atoms with Gasteiger partial charge in [-0.3, -0.25) is 4.99 Å². The Labute approximate surface area is 73.1 Å².